The molecular weight excluding hydrogens is 454 g/mol. The maximum absolute atomic E-state index is 12.3. The summed E-state index contributed by atoms with van der Waals surface area (Å²) >= 11 is 0. The smallest absolute Gasteiger partial charge is 0.219 e. The van der Waals surface area contributed by atoms with Gasteiger partial charge in [0.1, 0.15) is 18.0 Å². The van der Waals surface area contributed by atoms with Crippen LogP contribution in [0.1, 0.15) is 36.5 Å². The van der Waals surface area contributed by atoms with Crippen molar-refractivity contribution in [2.24, 2.45) is 0 Å². The number of hydrogen-bond donors (Lipinski definition) is 2. The van der Waals surface area contributed by atoms with Crippen molar-refractivity contribution >= 4 is 11.6 Å². The number of rotatable bonds is 6. The van der Waals surface area contributed by atoms with E-state index in [2.05, 4.69) is 47.9 Å². The molecule has 2 aromatic rings. The minimum absolute atomic E-state index is 0.0633. The van der Waals surface area contributed by atoms with E-state index in [4.69, 9.17) is 4.74 Å². The third kappa shape index (κ3) is 6.58. The molecule has 7 nitrogen and oxygen atoms in total. The SMILES string of the molecule is CC(=O)N1CCN(CC2(O)CCN(c3cccc(C)c3)CC2)C[C@](O)(COc2ccc(C)c(C)c2)C1. The number of aryl methyl sites for hydroxylation is 3. The van der Waals surface area contributed by atoms with E-state index in [1.807, 2.05) is 25.1 Å². The maximum Gasteiger partial charge on any atom is 0.219 e. The molecule has 1 amide bonds. The topological polar surface area (TPSA) is 76.5 Å². The Morgan fingerprint density at radius 2 is 1.67 bits per heavy atom. The van der Waals surface area contributed by atoms with Crippen LogP contribution in [0.3, 0.4) is 0 Å². The van der Waals surface area contributed by atoms with Gasteiger partial charge in [-0.1, -0.05) is 18.2 Å². The van der Waals surface area contributed by atoms with Gasteiger partial charge in [0.05, 0.1) is 12.1 Å². The number of carbonyl (C=O) groups is 1. The molecule has 0 radical (unpaired) electrons. The largest absolute Gasteiger partial charge is 0.490 e. The van der Waals surface area contributed by atoms with E-state index < -0.39 is 11.2 Å². The number of piperidine rings is 1. The number of carbonyl (C=O) groups excluding carboxylic acids is 1. The summed E-state index contributed by atoms with van der Waals surface area (Å²) in [6.07, 6.45) is 1.32. The lowest BCUT2D eigenvalue weighted by atomic mass is 9.90. The monoisotopic (exact) mass is 495 g/mol. The third-order valence-electron chi connectivity index (χ3n) is 7.70. The number of anilines is 1. The lowest BCUT2D eigenvalue weighted by Gasteiger charge is -2.42. The van der Waals surface area contributed by atoms with Crippen molar-refractivity contribution in [1.29, 1.82) is 0 Å². The third-order valence-corrected chi connectivity index (χ3v) is 7.70. The van der Waals surface area contributed by atoms with Crippen molar-refractivity contribution < 1.29 is 19.7 Å². The van der Waals surface area contributed by atoms with Crippen LogP contribution >= 0.6 is 0 Å². The Balaban J connectivity index is 1.41. The molecule has 0 aliphatic carbocycles. The van der Waals surface area contributed by atoms with E-state index in [0.29, 0.717) is 44.8 Å². The van der Waals surface area contributed by atoms with Crippen LogP contribution in [0.15, 0.2) is 42.5 Å². The van der Waals surface area contributed by atoms with Gasteiger partial charge in [-0.25, -0.2) is 0 Å². The normalized spacial score (nSPS) is 22.8. The van der Waals surface area contributed by atoms with E-state index in [9.17, 15) is 15.0 Å². The molecule has 2 saturated heterocycles. The highest BCUT2D eigenvalue weighted by Crippen LogP contribution is 2.29. The quantitative estimate of drug-likeness (QED) is 0.642. The predicted octanol–water partition coefficient (Wildman–Crippen LogP) is 2.92. The van der Waals surface area contributed by atoms with Crippen molar-refractivity contribution in [1.82, 2.24) is 9.80 Å². The summed E-state index contributed by atoms with van der Waals surface area (Å²) in [6, 6.07) is 14.4. The Hall–Kier alpha value is -2.61. The molecule has 2 aromatic carbocycles. The molecule has 7 heteroatoms. The fourth-order valence-electron chi connectivity index (χ4n) is 5.34. The summed E-state index contributed by atoms with van der Waals surface area (Å²) in [6.45, 7) is 11.5. The van der Waals surface area contributed by atoms with Crippen LogP contribution in [0.2, 0.25) is 0 Å². The van der Waals surface area contributed by atoms with Gasteiger partial charge >= 0.3 is 0 Å². The van der Waals surface area contributed by atoms with Gasteiger partial charge in [-0.15, -0.1) is 0 Å². The predicted molar refractivity (Wildman–Crippen MR) is 143 cm³/mol. The molecule has 2 aliphatic heterocycles. The van der Waals surface area contributed by atoms with E-state index >= 15 is 0 Å². The average molecular weight is 496 g/mol. The van der Waals surface area contributed by atoms with Crippen LogP contribution in [-0.2, 0) is 4.79 Å². The first kappa shape index (κ1) is 26.5. The summed E-state index contributed by atoms with van der Waals surface area (Å²) in [5.41, 5.74) is 2.68. The van der Waals surface area contributed by atoms with Crippen LogP contribution in [0, 0.1) is 20.8 Å². The number of ether oxygens (including phenoxy) is 1. The first-order valence-corrected chi connectivity index (χ1v) is 13.0. The van der Waals surface area contributed by atoms with Gasteiger partial charge in [0.2, 0.25) is 5.91 Å². The number of hydrogen-bond acceptors (Lipinski definition) is 6. The molecule has 196 valence electrons. The molecule has 1 atom stereocenters. The molecule has 0 saturated carbocycles. The summed E-state index contributed by atoms with van der Waals surface area (Å²) in [5, 5.41) is 23.1. The molecule has 2 aliphatic rings. The average Bonchev–Trinajstić information content (AvgIpc) is 2.99. The van der Waals surface area contributed by atoms with Gasteiger partial charge in [0.25, 0.3) is 0 Å². The molecular formula is C29H41N3O4. The van der Waals surface area contributed by atoms with Gasteiger partial charge in [-0.05, 0) is 74.6 Å². The Morgan fingerprint density at radius 3 is 2.33 bits per heavy atom. The number of benzene rings is 2. The molecule has 0 spiro atoms. The molecule has 2 N–H and O–H groups in total. The number of amides is 1. The summed E-state index contributed by atoms with van der Waals surface area (Å²) in [5.74, 6) is 0.644. The van der Waals surface area contributed by atoms with Crippen molar-refractivity contribution in [3.8, 4) is 5.75 Å². The van der Waals surface area contributed by atoms with E-state index in [0.717, 1.165) is 18.7 Å². The molecule has 0 bridgehead atoms. The van der Waals surface area contributed by atoms with E-state index in [-0.39, 0.29) is 19.1 Å². The van der Waals surface area contributed by atoms with Gasteiger partial charge in [0.15, 0.2) is 0 Å². The first-order chi connectivity index (χ1) is 17.0. The Kier molecular flexibility index (Phi) is 7.93. The highest BCUT2D eigenvalue weighted by atomic mass is 16.5. The second-order valence-corrected chi connectivity index (χ2v) is 11.0. The second kappa shape index (κ2) is 10.8. The second-order valence-electron chi connectivity index (χ2n) is 11.0. The minimum atomic E-state index is -1.24. The summed E-state index contributed by atoms with van der Waals surface area (Å²) in [4.78, 5) is 18.4. The zero-order valence-electron chi connectivity index (χ0n) is 22.2. The molecule has 2 heterocycles. The lowest BCUT2D eigenvalue weighted by molar-refractivity contribution is -0.132. The zero-order chi connectivity index (χ0) is 25.9. The molecule has 36 heavy (non-hydrogen) atoms. The minimum Gasteiger partial charge on any atom is -0.490 e. The maximum atomic E-state index is 12.3. The highest BCUT2D eigenvalue weighted by molar-refractivity contribution is 5.73. The van der Waals surface area contributed by atoms with Crippen LogP contribution in [-0.4, -0.2) is 89.5 Å². The van der Waals surface area contributed by atoms with Crippen LogP contribution in [0.5, 0.6) is 5.75 Å². The molecule has 4 rings (SSSR count). The van der Waals surface area contributed by atoms with E-state index in [1.54, 1.807) is 4.90 Å². The molecule has 2 fully saturated rings. The van der Waals surface area contributed by atoms with Gasteiger partial charge in [-0.2, -0.15) is 0 Å². The fraction of sp³-hybridized carbons (Fsp3) is 0.552. The van der Waals surface area contributed by atoms with Crippen molar-refractivity contribution in [3.63, 3.8) is 0 Å². The number of β-amino-alcohol motifs (C(OH)–C–C–N with tert-alkyl or cyclic N) is 2. The van der Waals surface area contributed by atoms with Crippen LogP contribution in [0.4, 0.5) is 5.69 Å². The van der Waals surface area contributed by atoms with Crippen LogP contribution < -0.4 is 9.64 Å². The van der Waals surface area contributed by atoms with Gasteiger partial charge in [0, 0.05) is 51.9 Å². The fourth-order valence-corrected chi connectivity index (χ4v) is 5.34. The van der Waals surface area contributed by atoms with Crippen molar-refractivity contribution in [2.45, 2.75) is 51.7 Å². The van der Waals surface area contributed by atoms with Crippen molar-refractivity contribution in [3.05, 3.63) is 59.2 Å². The zero-order valence-corrected chi connectivity index (χ0v) is 22.2. The van der Waals surface area contributed by atoms with Crippen LogP contribution in [0.25, 0.3) is 0 Å². The lowest BCUT2D eigenvalue weighted by Crippen LogP contribution is -2.55. The van der Waals surface area contributed by atoms with E-state index in [1.165, 1.54) is 23.7 Å². The highest BCUT2D eigenvalue weighted by Gasteiger charge is 2.41. The molecule has 0 unspecified atom stereocenters. The molecule has 0 aromatic heterocycles. The standard InChI is InChI=1S/C29H41N3O4/c1-22-6-5-7-26(16-22)31-12-10-28(34,11-13-31)18-30-14-15-32(25(4)33)20-29(35,19-30)21-36-27-9-8-23(2)24(3)17-27/h5-9,16-17,34-35H,10-15,18-21H2,1-4H3/t29-/m1/s1. The first-order valence-electron chi connectivity index (χ1n) is 13.0. The van der Waals surface area contributed by atoms with Gasteiger partial charge in [-0.3, -0.25) is 9.69 Å². The summed E-state index contributed by atoms with van der Waals surface area (Å²) in [7, 11) is 0. The number of nitrogens with zero attached hydrogens (tertiary/aromatic N) is 3. The Bertz CT molecular complexity index is 1070. The number of aliphatic hydroxyl groups is 2. The van der Waals surface area contributed by atoms with Crippen molar-refractivity contribution in [2.75, 3.05) is 57.3 Å². The van der Waals surface area contributed by atoms with Gasteiger partial charge < -0.3 is 24.7 Å². The Labute approximate surface area is 215 Å². The summed E-state index contributed by atoms with van der Waals surface area (Å²) < 4.78 is 6.02. The Morgan fingerprint density at radius 1 is 0.917 bits per heavy atom.